The summed E-state index contributed by atoms with van der Waals surface area (Å²) in [5.74, 6) is -0.216. The summed E-state index contributed by atoms with van der Waals surface area (Å²) in [5.41, 5.74) is 1.60. The number of nitrogens with zero attached hydrogens (tertiary/aromatic N) is 1. The molecule has 4 heteroatoms. The zero-order valence-electron chi connectivity index (χ0n) is 11.1. The van der Waals surface area contributed by atoms with Crippen molar-refractivity contribution in [3.63, 3.8) is 0 Å². The molecule has 4 nitrogen and oxygen atoms in total. The van der Waals surface area contributed by atoms with Gasteiger partial charge in [-0.15, -0.1) is 0 Å². The monoisotopic (exact) mass is 258 g/mol. The number of carbonyl (C=O) groups is 1. The van der Waals surface area contributed by atoms with Crippen molar-refractivity contribution in [2.75, 3.05) is 20.1 Å². The topological polar surface area (TPSA) is 45.3 Å². The van der Waals surface area contributed by atoms with Gasteiger partial charge in [-0.25, -0.2) is 4.79 Å². The predicted octanol–water partition coefficient (Wildman–Crippen LogP) is 2.42. The van der Waals surface area contributed by atoms with Crippen molar-refractivity contribution in [3.8, 4) is 0 Å². The highest BCUT2D eigenvalue weighted by Crippen LogP contribution is 2.21. The van der Waals surface area contributed by atoms with Gasteiger partial charge >= 0.3 is 5.97 Å². The second kappa shape index (κ2) is 5.05. The van der Waals surface area contributed by atoms with Gasteiger partial charge in [0, 0.05) is 30.2 Å². The minimum Gasteiger partial charge on any atom is -0.459 e. The second-order valence-corrected chi connectivity index (χ2v) is 5.16. The molecule has 0 saturated carbocycles. The number of carbonyl (C=O) groups excluding carboxylic acids is 1. The maximum Gasteiger partial charge on any atom is 0.340 e. The summed E-state index contributed by atoms with van der Waals surface area (Å²) in [4.78, 5) is 17.6. The summed E-state index contributed by atoms with van der Waals surface area (Å²) in [5, 5.41) is 0.931. The standard InChI is InChI=1S/C15H18N2O2/c1-17-8-6-11(7-9-17)19-15(18)13-10-16-14-5-3-2-4-12(13)14/h2-5,10-11,16H,6-9H2,1H3. The number of likely N-dealkylation sites (tertiary alicyclic amines) is 1. The van der Waals surface area contributed by atoms with Gasteiger partial charge in [-0.3, -0.25) is 0 Å². The Labute approximate surface area is 112 Å². The molecule has 1 aliphatic heterocycles. The molecule has 0 bridgehead atoms. The van der Waals surface area contributed by atoms with Crippen LogP contribution >= 0.6 is 0 Å². The Kier molecular flexibility index (Phi) is 3.25. The molecule has 3 rings (SSSR count). The first-order valence-corrected chi connectivity index (χ1v) is 6.69. The van der Waals surface area contributed by atoms with Gasteiger partial charge in [0.25, 0.3) is 0 Å². The molecule has 100 valence electrons. The van der Waals surface area contributed by atoms with Gasteiger partial charge < -0.3 is 14.6 Å². The number of rotatable bonds is 2. The zero-order valence-corrected chi connectivity index (χ0v) is 11.1. The number of H-pyrrole nitrogens is 1. The number of para-hydroxylation sites is 1. The molecule has 2 heterocycles. The first-order chi connectivity index (χ1) is 9.24. The number of nitrogens with one attached hydrogen (secondary N) is 1. The number of hydrogen-bond acceptors (Lipinski definition) is 3. The van der Waals surface area contributed by atoms with E-state index in [4.69, 9.17) is 4.74 Å². The van der Waals surface area contributed by atoms with E-state index in [1.807, 2.05) is 24.3 Å². The highest BCUT2D eigenvalue weighted by molar-refractivity contribution is 6.04. The molecular formula is C15H18N2O2. The Hall–Kier alpha value is -1.81. The normalized spacial score (nSPS) is 17.7. The Morgan fingerprint density at radius 3 is 2.84 bits per heavy atom. The van der Waals surface area contributed by atoms with Crippen molar-refractivity contribution in [2.24, 2.45) is 0 Å². The lowest BCUT2D eigenvalue weighted by Gasteiger charge is -2.28. The number of piperidine rings is 1. The summed E-state index contributed by atoms with van der Waals surface area (Å²) < 4.78 is 5.61. The third-order valence-corrected chi connectivity index (χ3v) is 3.75. The lowest BCUT2D eigenvalue weighted by Crippen LogP contribution is -2.35. The van der Waals surface area contributed by atoms with Crippen LogP contribution in [-0.2, 0) is 4.74 Å². The largest absolute Gasteiger partial charge is 0.459 e. The van der Waals surface area contributed by atoms with Gasteiger partial charge in [-0.05, 0) is 26.0 Å². The van der Waals surface area contributed by atoms with E-state index in [1.54, 1.807) is 6.20 Å². The second-order valence-electron chi connectivity index (χ2n) is 5.16. The van der Waals surface area contributed by atoms with E-state index in [0.717, 1.165) is 36.8 Å². The molecule has 0 atom stereocenters. The van der Waals surface area contributed by atoms with E-state index in [-0.39, 0.29) is 12.1 Å². The van der Waals surface area contributed by atoms with Crippen molar-refractivity contribution in [3.05, 3.63) is 36.0 Å². The van der Waals surface area contributed by atoms with Crippen molar-refractivity contribution in [1.82, 2.24) is 9.88 Å². The molecule has 1 aromatic heterocycles. The zero-order chi connectivity index (χ0) is 13.2. The van der Waals surface area contributed by atoms with Crippen molar-refractivity contribution >= 4 is 16.9 Å². The van der Waals surface area contributed by atoms with Crippen LogP contribution in [0.5, 0.6) is 0 Å². The minimum atomic E-state index is -0.216. The van der Waals surface area contributed by atoms with Crippen LogP contribution in [0.25, 0.3) is 10.9 Å². The fourth-order valence-electron chi connectivity index (χ4n) is 2.56. The first-order valence-electron chi connectivity index (χ1n) is 6.69. The Morgan fingerprint density at radius 2 is 2.05 bits per heavy atom. The quantitative estimate of drug-likeness (QED) is 0.841. The fourth-order valence-corrected chi connectivity index (χ4v) is 2.56. The SMILES string of the molecule is CN1CCC(OC(=O)c2c[nH]c3ccccc23)CC1. The number of ether oxygens (including phenoxy) is 1. The van der Waals surface area contributed by atoms with Gasteiger partial charge in [-0.1, -0.05) is 18.2 Å². The van der Waals surface area contributed by atoms with Gasteiger partial charge in [0.1, 0.15) is 6.10 Å². The molecule has 1 aromatic carbocycles. The van der Waals surface area contributed by atoms with E-state index < -0.39 is 0 Å². The Balaban J connectivity index is 1.73. The van der Waals surface area contributed by atoms with Crippen LogP contribution in [0.1, 0.15) is 23.2 Å². The molecule has 0 aliphatic carbocycles. The lowest BCUT2D eigenvalue weighted by molar-refractivity contribution is 0.0141. The highest BCUT2D eigenvalue weighted by Gasteiger charge is 2.22. The molecule has 2 aromatic rings. The third-order valence-electron chi connectivity index (χ3n) is 3.75. The maximum absolute atomic E-state index is 12.2. The Bertz CT molecular complexity index is 583. The van der Waals surface area contributed by atoms with E-state index in [2.05, 4.69) is 16.9 Å². The molecule has 0 radical (unpaired) electrons. The number of aromatic amines is 1. The smallest absolute Gasteiger partial charge is 0.340 e. The molecule has 0 unspecified atom stereocenters. The lowest BCUT2D eigenvalue weighted by atomic mass is 10.1. The number of esters is 1. The first kappa shape index (κ1) is 12.2. The predicted molar refractivity (Wildman–Crippen MR) is 74.2 cm³/mol. The average Bonchev–Trinajstić information content (AvgIpc) is 2.85. The van der Waals surface area contributed by atoms with Crippen molar-refractivity contribution in [1.29, 1.82) is 0 Å². The van der Waals surface area contributed by atoms with E-state index >= 15 is 0 Å². The molecule has 0 spiro atoms. The number of fused-ring (bicyclic) bond motifs is 1. The van der Waals surface area contributed by atoms with Crippen molar-refractivity contribution in [2.45, 2.75) is 18.9 Å². The fraction of sp³-hybridized carbons (Fsp3) is 0.400. The molecule has 1 aliphatic rings. The van der Waals surface area contributed by atoms with Crippen LogP contribution in [-0.4, -0.2) is 42.1 Å². The van der Waals surface area contributed by atoms with Crippen LogP contribution in [0, 0.1) is 0 Å². The summed E-state index contributed by atoms with van der Waals surface area (Å²) >= 11 is 0. The van der Waals surface area contributed by atoms with E-state index in [0.29, 0.717) is 5.56 Å². The third kappa shape index (κ3) is 2.49. The maximum atomic E-state index is 12.2. The van der Waals surface area contributed by atoms with Gasteiger partial charge in [0.05, 0.1) is 5.56 Å². The van der Waals surface area contributed by atoms with E-state index in [1.165, 1.54) is 0 Å². The van der Waals surface area contributed by atoms with Crippen LogP contribution in [0.15, 0.2) is 30.5 Å². The van der Waals surface area contributed by atoms with Crippen LogP contribution in [0.4, 0.5) is 0 Å². The summed E-state index contributed by atoms with van der Waals surface area (Å²) in [6.07, 6.45) is 3.63. The summed E-state index contributed by atoms with van der Waals surface area (Å²) in [7, 11) is 2.09. The number of aromatic nitrogens is 1. The Morgan fingerprint density at radius 1 is 1.32 bits per heavy atom. The van der Waals surface area contributed by atoms with Gasteiger partial charge in [0.15, 0.2) is 0 Å². The average molecular weight is 258 g/mol. The molecule has 1 fully saturated rings. The molecule has 1 N–H and O–H groups in total. The van der Waals surface area contributed by atoms with Gasteiger partial charge in [-0.2, -0.15) is 0 Å². The molecule has 1 saturated heterocycles. The number of benzene rings is 1. The molecule has 19 heavy (non-hydrogen) atoms. The van der Waals surface area contributed by atoms with E-state index in [9.17, 15) is 4.79 Å². The van der Waals surface area contributed by atoms with Gasteiger partial charge in [0.2, 0.25) is 0 Å². The molecular weight excluding hydrogens is 240 g/mol. The van der Waals surface area contributed by atoms with Crippen LogP contribution in [0.2, 0.25) is 0 Å². The molecule has 0 amide bonds. The van der Waals surface area contributed by atoms with Crippen molar-refractivity contribution < 1.29 is 9.53 Å². The minimum absolute atomic E-state index is 0.0531. The van der Waals surface area contributed by atoms with Crippen LogP contribution < -0.4 is 0 Å². The summed E-state index contributed by atoms with van der Waals surface area (Å²) in [6, 6.07) is 7.78. The number of hydrogen-bond donors (Lipinski definition) is 1. The van der Waals surface area contributed by atoms with Crippen LogP contribution in [0.3, 0.4) is 0 Å². The highest BCUT2D eigenvalue weighted by atomic mass is 16.5. The summed E-state index contributed by atoms with van der Waals surface area (Å²) in [6.45, 7) is 1.98.